The fourth-order valence-electron chi connectivity index (χ4n) is 7.40. The number of hydrogen-bond donors (Lipinski definition) is 8. The monoisotopic (exact) mass is 839 g/mol. The lowest BCUT2D eigenvalue weighted by Gasteiger charge is -2.42. The normalized spacial score (nSPS) is 14.4. The average Bonchev–Trinajstić information content (AvgIpc) is 3.57. The van der Waals surface area contributed by atoms with Crippen molar-refractivity contribution >= 4 is 66.5 Å². The minimum atomic E-state index is -2.40. The molecule has 1 aromatic heterocycles. The first-order valence-electron chi connectivity index (χ1n) is 19.6. The molecular formula is C41H61N7O8SSi. The van der Waals surface area contributed by atoms with Gasteiger partial charge in [-0.25, -0.2) is 5.48 Å². The fraction of sp³-hybridized carbons (Fsp3) is 0.512. The number of carbonyl (C=O) groups excluding carboxylic acids is 5. The van der Waals surface area contributed by atoms with Gasteiger partial charge in [-0.05, 0) is 59.2 Å². The van der Waals surface area contributed by atoms with Crippen LogP contribution in [0, 0.1) is 0 Å². The Kier molecular flexibility index (Phi) is 18.4. The highest BCUT2D eigenvalue weighted by molar-refractivity contribution is 7.98. The molecule has 0 unspecified atom stereocenters. The molecule has 1 heterocycles. The SMILES string of the molecule is CSCC[C@H](NC(=O)[C@H](Cc1c[nH]c2ccccc12)NC(=O)[C@H](C)NO[Si](C(C)C)(C(C)C)C(C)C)C(=O)N[C@@H](CC(=O)O)C(=O)N[C@@H](Cc1ccccc1)C(N)=O. The Morgan fingerprint density at radius 2 is 1.26 bits per heavy atom. The molecule has 15 nitrogen and oxygen atoms in total. The number of aromatic amines is 1. The second kappa shape index (κ2) is 22.4. The van der Waals surface area contributed by atoms with Gasteiger partial charge in [0.2, 0.25) is 37.9 Å². The standard InChI is InChI=1S/C41H61N7O8SSi/c1-24(2)58(25(3)4,26(5)6)56-48-27(7)38(52)46-34(21-29-23-43-31-17-13-12-16-30(29)31)40(54)44-32(18-19-57-8)39(53)47-35(22-36(49)50)41(55)45-33(37(42)51)20-28-14-10-9-11-15-28/h9-17,23-27,32-35,43,48H,18-22H2,1-8H3,(H2,42,51)(H,44,54)(H,45,55)(H,46,52)(H,47,53)(H,49,50)/t27-,32-,33-,34-,35-/m0/s1. The van der Waals surface area contributed by atoms with Gasteiger partial charge in [-0.3, -0.25) is 28.8 Å². The van der Waals surface area contributed by atoms with E-state index in [1.165, 1.54) is 11.8 Å². The maximum atomic E-state index is 14.2. The van der Waals surface area contributed by atoms with E-state index in [9.17, 15) is 33.9 Å². The highest BCUT2D eigenvalue weighted by atomic mass is 32.2. The number of carbonyl (C=O) groups is 6. The summed E-state index contributed by atoms with van der Waals surface area (Å²) in [5.41, 5.74) is 11.6. The molecule has 5 atom stereocenters. The van der Waals surface area contributed by atoms with Gasteiger partial charge in [0.25, 0.3) is 0 Å². The number of carboxylic acids is 1. The maximum absolute atomic E-state index is 14.2. The number of nitrogens with one attached hydrogen (secondary N) is 6. The van der Waals surface area contributed by atoms with Crippen LogP contribution in [0.15, 0.2) is 60.8 Å². The molecule has 9 N–H and O–H groups in total. The molecule has 318 valence electrons. The second-order valence-electron chi connectivity index (χ2n) is 15.5. The molecule has 3 aromatic rings. The minimum absolute atomic E-state index is 0.0435. The van der Waals surface area contributed by atoms with Crippen molar-refractivity contribution in [3.63, 3.8) is 0 Å². The summed E-state index contributed by atoms with van der Waals surface area (Å²) in [4.78, 5) is 82.7. The summed E-state index contributed by atoms with van der Waals surface area (Å²) in [6.07, 6.45) is 3.00. The Labute approximate surface area is 346 Å². The number of hydroxylamine groups is 1. The number of H-pyrrole nitrogens is 1. The van der Waals surface area contributed by atoms with E-state index < -0.39 is 80.5 Å². The van der Waals surface area contributed by atoms with E-state index in [2.05, 4.69) is 73.3 Å². The largest absolute Gasteiger partial charge is 0.481 e. The Morgan fingerprint density at radius 3 is 1.84 bits per heavy atom. The Balaban J connectivity index is 1.86. The number of aromatic nitrogens is 1. The number of nitrogens with two attached hydrogens (primary N) is 1. The van der Waals surface area contributed by atoms with Crippen molar-refractivity contribution in [2.24, 2.45) is 5.73 Å². The molecule has 5 amide bonds. The Morgan fingerprint density at radius 1 is 0.724 bits per heavy atom. The summed E-state index contributed by atoms with van der Waals surface area (Å²) < 4.78 is 6.46. The van der Waals surface area contributed by atoms with Crippen molar-refractivity contribution in [3.05, 3.63) is 71.9 Å². The van der Waals surface area contributed by atoms with Crippen molar-refractivity contribution < 1.29 is 38.4 Å². The van der Waals surface area contributed by atoms with Crippen LogP contribution in [0.1, 0.15) is 72.4 Å². The highest BCUT2D eigenvalue weighted by Gasteiger charge is 2.46. The molecule has 0 spiro atoms. The molecule has 0 bridgehead atoms. The van der Waals surface area contributed by atoms with Gasteiger partial charge in [-0.2, -0.15) is 11.8 Å². The molecule has 0 fully saturated rings. The van der Waals surface area contributed by atoms with Crippen LogP contribution < -0.4 is 32.5 Å². The van der Waals surface area contributed by atoms with Gasteiger partial charge in [0.1, 0.15) is 30.2 Å². The van der Waals surface area contributed by atoms with Crippen LogP contribution in [0.25, 0.3) is 10.9 Å². The first-order chi connectivity index (χ1) is 27.4. The number of amides is 5. The lowest BCUT2D eigenvalue weighted by molar-refractivity contribution is -0.141. The summed E-state index contributed by atoms with van der Waals surface area (Å²) >= 11 is 1.42. The number of rotatable bonds is 24. The van der Waals surface area contributed by atoms with E-state index in [4.69, 9.17) is 10.3 Å². The molecule has 0 saturated carbocycles. The second-order valence-corrected chi connectivity index (χ2v) is 21.9. The smallest absolute Gasteiger partial charge is 0.305 e. The van der Waals surface area contributed by atoms with Crippen LogP contribution >= 0.6 is 11.8 Å². The number of thioether (sulfide) groups is 1. The molecular weight excluding hydrogens is 779 g/mol. The van der Waals surface area contributed by atoms with Gasteiger partial charge in [-0.15, -0.1) is 0 Å². The molecule has 17 heteroatoms. The number of primary amides is 1. The van der Waals surface area contributed by atoms with Gasteiger partial charge in [0.15, 0.2) is 0 Å². The summed E-state index contributed by atoms with van der Waals surface area (Å²) in [5, 5.41) is 21.1. The number of para-hydroxylation sites is 1. The lowest BCUT2D eigenvalue weighted by atomic mass is 10.0. The van der Waals surface area contributed by atoms with Crippen molar-refractivity contribution in [1.82, 2.24) is 31.7 Å². The van der Waals surface area contributed by atoms with E-state index >= 15 is 0 Å². The fourth-order valence-corrected chi connectivity index (χ4v) is 13.0. The van der Waals surface area contributed by atoms with Crippen LogP contribution in [-0.4, -0.2) is 96.1 Å². The number of fused-ring (bicyclic) bond motifs is 1. The third kappa shape index (κ3) is 13.2. The maximum Gasteiger partial charge on any atom is 0.305 e. The predicted octanol–water partition coefficient (Wildman–Crippen LogP) is 3.69. The zero-order valence-electron chi connectivity index (χ0n) is 34.7. The van der Waals surface area contributed by atoms with Crippen LogP contribution in [0.2, 0.25) is 16.6 Å². The van der Waals surface area contributed by atoms with Gasteiger partial charge >= 0.3 is 5.97 Å². The number of aliphatic carboxylic acids is 1. The van der Waals surface area contributed by atoms with Crippen molar-refractivity contribution in [2.45, 2.75) is 121 Å². The third-order valence-corrected chi connectivity index (χ3v) is 17.0. The summed E-state index contributed by atoms with van der Waals surface area (Å²) in [6.45, 7) is 14.4. The zero-order chi connectivity index (χ0) is 43.2. The molecule has 0 aliphatic rings. The van der Waals surface area contributed by atoms with E-state index in [0.29, 0.717) is 11.3 Å². The summed E-state index contributed by atoms with van der Waals surface area (Å²) in [5.74, 6) is -4.73. The van der Waals surface area contributed by atoms with Gasteiger partial charge in [0.05, 0.1) is 6.42 Å². The molecule has 0 saturated heterocycles. The summed E-state index contributed by atoms with van der Waals surface area (Å²) in [6, 6.07) is 10.3. The van der Waals surface area contributed by atoms with Gasteiger partial charge in [-0.1, -0.05) is 90.1 Å². The first kappa shape index (κ1) is 47.7. The zero-order valence-corrected chi connectivity index (χ0v) is 36.5. The average molecular weight is 840 g/mol. The molecule has 3 rings (SSSR count). The molecule has 0 radical (unpaired) electrons. The van der Waals surface area contributed by atoms with E-state index in [-0.39, 0.29) is 35.9 Å². The Bertz CT molecular complexity index is 1840. The van der Waals surface area contributed by atoms with Crippen molar-refractivity contribution in [1.29, 1.82) is 0 Å². The van der Waals surface area contributed by atoms with Crippen LogP contribution in [0.5, 0.6) is 0 Å². The van der Waals surface area contributed by atoms with E-state index in [1.807, 2.05) is 30.5 Å². The molecule has 0 aliphatic carbocycles. The topological polar surface area (TPSA) is 234 Å². The quantitative estimate of drug-likeness (QED) is 0.0482. The molecule has 0 aliphatic heterocycles. The first-order valence-corrected chi connectivity index (χ1v) is 23.2. The highest BCUT2D eigenvalue weighted by Crippen LogP contribution is 2.41. The third-order valence-electron chi connectivity index (χ3n) is 10.4. The van der Waals surface area contributed by atoms with E-state index in [0.717, 1.165) is 16.5 Å². The summed E-state index contributed by atoms with van der Waals surface area (Å²) in [7, 11) is -2.40. The van der Waals surface area contributed by atoms with Gasteiger partial charge < -0.3 is 41.6 Å². The molecule has 2 aromatic carbocycles. The Hall–Kier alpha value is -4.71. The lowest BCUT2D eigenvalue weighted by Crippen LogP contribution is -2.60. The van der Waals surface area contributed by atoms with Crippen LogP contribution in [0.3, 0.4) is 0 Å². The minimum Gasteiger partial charge on any atom is -0.481 e. The number of hydrogen-bond acceptors (Lipinski definition) is 9. The number of benzene rings is 2. The van der Waals surface area contributed by atoms with Crippen molar-refractivity contribution in [3.8, 4) is 0 Å². The predicted molar refractivity (Wildman–Crippen MR) is 229 cm³/mol. The van der Waals surface area contributed by atoms with Crippen LogP contribution in [-0.2, 0) is 46.1 Å². The van der Waals surface area contributed by atoms with Crippen molar-refractivity contribution in [2.75, 3.05) is 12.0 Å². The van der Waals surface area contributed by atoms with Gasteiger partial charge in [0, 0.05) is 29.9 Å². The van der Waals surface area contributed by atoms with E-state index in [1.54, 1.807) is 43.5 Å². The van der Waals surface area contributed by atoms with Crippen LogP contribution in [0.4, 0.5) is 0 Å². The number of carboxylic acid groups (broad SMARTS) is 1. The molecule has 58 heavy (non-hydrogen) atoms.